The minimum atomic E-state index is -0.498. The number of aromatic nitrogens is 2. The summed E-state index contributed by atoms with van der Waals surface area (Å²) in [6.07, 6.45) is 2.07. The van der Waals surface area contributed by atoms with Crippen molar-refractivity contribution in [2.75, 3.05) is 20.8 Å². The van der Waals surface area contributed by atoms with Crippen molar-refractivity contribution in [3.63, 3.8) is 0 Å². The molecule has 0 amide bonds. The number of fused-ring (bicyclic) bond motifs is 1. The van der Waals surface area contributed by atoms with E-state index in [2.05, 4.69) is 9.72 Å². The lowest BCUT2D eigenvalue weighted by molar-refractivity contribution is 0.0596. The van der Waals surface area contributed by atoms with E-state index in [1.807, 2.05) is 0 Å². The smallest absolute Gasteiger partial charge is 0.358 e. The maximum absolute atomic E-state index is 11.6. The number of rotatable bonds is 4. The van der Waals surface area contributed by atoms with Crippen LogP contribution in [0.15, 0.2) is 18.3 Å². The Morgan fingerprint density at radius 1 is 1.44 bits per heavy atom. The minimum absolute atomic E-state index is 0.0447. The zero-order chi connectivity index (χ0) is 13.1. The van der Waals surface area contributed by atoms with Crippen LogP contribution >= 0.6 is 0 Å². The molecule has 96 valence electrons. The Morgan fingerprint density at radius 2 is 2.22 bits per heavy atom. The highest BCUT2D eigenvalue weighted by Gasteiger charge is 2.17. The minimum Gasteiger partial charge on any atom is -0.495 e. The summed E-state index contributed by atoms with van der Waals surface area (Å²) in [5, 5.41) is 9.01. The fourth-order valence-corrected chi connectivity index (χ4v) is 1.77. The molecule has 6 heteroatoms. The van der Waals surface area contributed by atoms with Gasteiger partial charge in [0.1, 0.15) is 11.6 Å². The average molecular weight is 250 g/mol. The highest BCUT2D eigenvalue weighted by Crippen LogP contribution is 2.19. The Balaban J connectivity index is 2.63. The summed E-state index contributed by atoms with van der Waals surface area (Å²) in [4.78, 5) is 15.8. The lowest BCUT2D eigenvalue weighted by Gasteiger charge is -2.03. The van der Waals surface area contributed by atoms with E-state index in [4.69, 9.17) is 9.84 Å². The molecule has 2 aromatic heterocycles. The van der Waals surface area contributed by atoms with E-state index in [9.17, 15) is 4.79 Å². The van der Waals surface area contributed by atoms with Crippen LogP contribution in [0.1, 0.15) is 16.3 Å². The second-order valence-electron chi connectivity index (χ2n) is 3.67. The Labute approximate surface area is 104 Å². The average Bonchev–Trinajstić information content (AvgIpc) is 2.76. The van der Waals surface area contributed by atoms with Crippen molar-refractivity contribution in [3.05, 3.63) is 29.8 Å². The zero-order valence-corrected chi connectivity index (χ0v) is 10.2. The zero-order valence-electron chi connectivity index (χ0n) is 10.2. The maximum Gasteiger partial charge on any atom is 0.358 e. The quantitative estimate of drug-likeness (QED) is 0.807. The summed E-state index contributed by atoms with van der Waals surface area (Å²) in [5.74, 6) is 0.740. The van der Waals surface area contributed by atoms with E-state index >= 15 is 0 Å². The van der Waals surface area contributed by atoms with Gasteiger partial charge in [0.25, 0.3) is 0 Å². The third-order valence-corrected chi connectivity index (χ3v) is 2.63. The van der Waals surface area contributed by atoms with Crippen molar-refractivity contribution in [2.24, 2.45) is 0 Å². The van der Waals surface area contributed by atoms with Crippen molar-refractivity contribution in [1.29, 1.82) is 0 Å². The predicted octanol–water partition coefficient (Wildman–Crippen LogP) is 0.664. The molecule has 0 radical (unpaired) electrons. The standard InChI is InChI=1S/C12H14N2O4/c1-17-8-3-4-9-11(12(16)18-2)13-10(5-6-15)14(9)7-8/h3-4,7,15H,5-6H2,1-2H3. The summed E-state index contributed by atoms with van der Waals surface area (Å²) in [7, 11) is 2.87. The van der Waals surface area contributed by atoms with Crippen LogP contribution in [0.5, 0.6) is 5.75 Å². The van der Waals surface area contributed by atoms with Crippen molar-refractivity contribution in [1.82, 2.24) is 9.38 Å². The molecule has 6 nitrogen and oxygen atoms in total. The second kappa shape index (κ2) is 5.05. The second-order valence-corrected chi connectivity index (χ2v) is 3.67. The summed E-state index contributed by atoms with van der Waals surface area (Å²) in [6, 6.07) is 3.48. The Bertz CT molecular complexity index is 577. The Kier molecular flexibility index (Phi) is 3.47. The third kappa shape index (κ3) is 2.02. The third-order valence-electron chi connectivity index (χ3n) is 2.63. The lowest BCUT2D eigenvalue weighted by Crippen LogP contribution is -2.02. The number of hydrogen-bond donors (Lipinski definition) is 1. The SMILES string of the molecule is COC(=O)c1nc(CCO)n2cc(OC)ccc12. The highest BCUT2D eigenvalue weighted by atomic mass is 16.5. The fraction of sp³-hybridized carbons (Fsp3) is 0.333. The van der Waals surface area contributed by atoms with E-state index < -0.39 is 5.97 Å². The van der Waals surface area contributed by atoms with Gasteiger partial charge >= 0.3 is 5.97 Å². The summed E-state index contributed by atoms with van der Waals surface area (Å²) in [6.45, 7) is -0.0447. The first kappa shape index (κ1) is 12.4. The number of nitrogens with zero attached hydrogens (tertiary/aromatic N) is 2. The molecule has 0 aliphatic rings. The topological polar surface area (TPSA) is 73.1 Å². The molecule has 1 N–H and O–H groups in total. The first-order valence-corrected chi connectivity index (χ1v) is 5.45. The van der Waals surface area contributed by atoms with Gasteiger partial charge in [-0.1, -0.05) is 0 Å². The molecule has 0 aromatic carbocycles. The molecule has 18 heavy (non-hydrogen) atoms. The number of esters is 1. The van der Waals surface area contributed by atoms with Gasteiger partial charge in [-0.25, -0.2) is 9.78 Å². The number of aliphatic hydroxyl groups is 1. The first-order valence-electron chi connectivity index (χ1n) is 5.45. The molecule has 0 saturated carbocycles. The van der Waals surface area contributed by atoms with Gasteiger partial charge in [-0.3, -0.25) is 4.40 Å². The number of aliphatic hydroxyl groups excluding tert-OH is 1. The molecular formula is C12H14N2O4. The van der Waals surface area contributed by atoms with Gasteiger partial charge in [-0.15, -0.1) is 0 Å². The summed E-state index contributed by atoms with van der Waals surface area (Å²) >= 11 is 0. The van der Waals surface area contributed by atoms with Crippen molar-refractivity contribution >= 4 is 11.5 Å². The van der Waals surface area contributed by atoms with Crippen LogP contribution in [0, 0.1) is 0 Å². The molecule has 0 aliphatic carbocycles. The van der Waals surface area contributed by atoms with Crippen LogP contribution in [0.4, 0.5) is 0 Å². The van der Waals surface area contributed by atoms with Crippen molar-refractivity contribution < 1.29 is 19.4 Å². The van der Waals surface area contributed by atoms with Crippen LogP contribution in [-0.4, -0.2) is 41.3 Å². The van der Waals surface area contributed by atoms with Crippen LogP contribution in [0.2, 0.25) is 0 Å². The normalized spacial score (nSPS) is 10.6. The van der Waals surface area contributed by atoms with Gasteiger partial charge in [0.2, 0.25) is 0 Å². The van der Waals surface area contributed by atoms with Gasteiger partial charge in [-0.05, 0) is 12.1 Å². The van der Waals surface area contributed by atoms with E-state index in [0.717, 1.165) is 0 Å². The van der Waals surface area contributed by atoms with E-state index in [-0.39, 0.29) is 12.3 Å². The van der Waals surface area contributed by atoms with Crippen LogP contribution in [0.3, 0.4) is 0 Å². The molecule has 0 aliphatic heterocycles. The number of methoxy groups -OCH3 is 2. The van der Waals surface area contributed by atoms with Gasteiger partial charge in [0, 0.05) is 6.42 Å². The highest BCUT2D eigenvalue weighted by molar-refractivity contribution is 5.95. The van der Waals surface area contributed by atoms with E-state index in [1.54, 1.807) is 29.8 Å². The molecule has 0 atom stereocenters. The molecule has 2 heterocycles. The number of ether oxygens (including phenoxy) is 2. The molecule has 0 fully saturated rings. The van der Waals surface area contributed by atoms with Gasteiger partial charge in [0.15, 0.2) is 5.69 Å². The molecule has 0 bridgehead atoms. The predicted molar refractivity (Wildman–Crippen MR) is 63.9 cm³/mol. The Hall–Kier alpha value is -2.08. The fourth-order valence-electron chi connectivity index (χ4n) is 1.77. The van der Waals surface area contributed by atoms with Crippen LogP contribution in [0.25, 0.3) is 5.52 Å². The number of pyridine rings is 1. The molecular weight excluding hydrogens is 236 g/mol. The first-order chi connectivity index (χ1) is 8.71. The van der Waals surface area contributed by atoms with Gasteiger partial charge in [0.05, 0.1) is 32.5 Å². The molecule has 2 aromatic rings. The number of carbonyl (C=O) groups is 1. The monoisotopic (exact) mass is 250 g/mol. The number of imidazole rings is 1. The molecule has 0 unspecified atom stereocenters. The van der Waals surface area contributed by atoms with E-state index in [0.29, 0.717) is 23.5 Å². The Morgan fingerprint density at radius 3 is 2.83 bits per heavy atom. The number of hydrogen-bond acceptors (Lipinski definition) is 5. The molecule has 2 rings (SSSR count). The van der Waals surface area contributed by atoms with Crippen molar-refractivity contribution in [3.8, 4) is 5.75 Å². The van der Waals surface area contributed by atoms with Gasteiger partial charge < -0.3 is 14.6 Å². The summed E-state index contributed by atoms with van der Waals surface area (Å²) in [5.41, 5.74) is 0.870. The largest absolute Gasteiger partial charge is 0.495 e. The molecule has 0 spiro atoms. The van der Waals surface area contributed by atoms with Crippen LogP contribution in [-0.2, 0) is 11.2 Å². The molecule has 0 saturated heterocycles. The maximum atomic E-state index is 11.6. The number of carbonyl (C=O) groups excluding carboxylic acids is 1. The van der Waals surface area contributed by atoms with Crippen LogP contribution < -0.4 is 4.74 Å². The lowest BCUT2D eigenvalue weighted by atomic mass is 10.3. The summed E-state index contributed by atoms with van der Waals surface area (Å²) < 4.78 is 11.5. The van der Waals surface area contributed by atoms with Gasteiger partial charge in [-0.2, -0.15) is 0 Å². The van der Waals surface area contributed by atoms with Crippen molar-refractivity contribution in [2.45, 2.75) is 6.42 Å². The van der Waals surface area contributed by atoms with E-state index in [1.165, 1.54) is 7.11 Å².